The van der Waals surface area contributed by atoms with Crippen LogP contribution in [0.25, 0.3) is 0 Å². The summed E-state index contributed by atoms with van der Waals surface area (Å²) in [6.45, 7) is 1.89. The molecule has 1 unspecified atom stereocenters. The van der Waals surface area contributed by atoms with Crippen LogP contribution in [0.4, 0.5) is 4.39 Å². The van der Waals surface area contributed by atoms with Gasteiger partial charge in [0, 0.05) is 47.1 Å². The largest absolute Gasteiger partial charge is 0.486 e. The Morgan fingerprint density at radius 3 is 2.87 bits per heavy atom. The summed E-state index contributed by atoms with van der Waals surface area (Å²) < 4.78 is 27.0. The lowest BCUT2D eigenvalue weighted by Crippen LogP contribution is -2.42. The molecule has 9 heteroatoms. The van der Waals surface area contributed by atoms with E-state index in [1.165, 1.54) is 11.9 Å². The minimum absolute atomic E-state index is 0.282. The molecule has 2 N–H and O–H groups in total. The van der Waals surface area contributed by atoms with Gasteiger partial charge in [0.1, 0.15) is 25.1 Å². The van der Waals surface area contributed by atoms with E-state index in [9.17, 15) is 9.18 Å². The number of carbonyl (C=O) groups excluding carboxylic acids is 1. The fourth-order valence-corrected chi connectivity index (χ4v) is 4.60. The highest BCUT2D eigenvalue weighted by Gasteiger charge is 2.32. The molecular weight excluding hydrogens is 407 g/mol. The van der Waals surface area contributed by atoms with Gasteiger partial charge in [-0.15, -0.1) is 0 Å². The number of amides is 1. The average Bonchev–Trinajstić information content (AvgIpc) is 3.31. The second-order valence-corrected chi connectivity index (χ2v) is 8.40. The van der Waals surface area contributed by atoms with E-state index in [4.69, 9.17) is 15.2 Å². The molecule has 0 saturated carbocycles. The van der Waals surface area contributed by atoms with Crippen LogP contribution in [0.15, 0.2) is 52.8 Å². The second-order valence-electron chi connectivity index (χ2n) is 7.37. The lowest BCUT2D eigenvalue weighted by Gasteiger charge is -2.22. The lowest BCUT2D eigenvalue weighted by atomic mass is 9.99. The van der Waals surface area contributed by atoms with Crippen LogP contribution in [0.5, 0.6) is 11.5 Å². The Hall–Kier alpha value is -2.78. The molecule has 2 aliphatic heterocycles. The van der Waals surface area contributed by atoms with E-state index in [-0.39, 0.29) is 17.3 Å². The van der Waals surface area contributed by atoms with Crippen LogP contribution in [0.2, 0.25) is 0 Å². The van der Waals surface area contributed by atoms with E-state index in [0.717, 1.165) is 27.7 Å². The summed E-state index contributed by atoms with van der Waals surface area (Å²) in [6, 6.07) is 4.80. The van der Waals surface area contributed by atoms with Gasteiger partial charge >= 0.3 is 0 Å². The molecule has 3 heterocycles. The highest BCUT2D eigenvalue weighted by atomic mass is 32.2. The number of carbonyl (C=O) groups is 1. The summed E-state index contributed by atoms with van der Waals surface area (Å²) in [5.74, 6) is 0.903. The van der Waals surface area contributed by atoms with Crippen LogP contribution in [0.1, 0.15) is 24.1 Å². The zero-order valence-electron chi connectivity index (χ0n) is 16.2. The molecule has 0 saturated heterocycles. The number of nitrogens with two attached hydrogens (primary N) is 1. The van der Waals surface area contributed by atoms with Crippen LogP contribution in [-0.2, 0) is 17.9 Å². The Kier molecular flexibility index (Phi) is 5.00. The number of halogens is 1. The third-order valence-electron chi connectivity index (χ3n) is 5.32. The van der Waals surface area contributed by atoms with Crippen molar-refractivity contribution >= 4 is 17.9 Å². The molecule has 0 fully saturated rings. The lowest BCUT2D eigenvalue weighted by molar-refractivity contribution is -0.132. The summed E-state index contributed by atoms with van der Waals surface area (Å²) >= 11 is 1.46. The first-order valence-corrected chi connectivity index (χ1v) is 10.6. The standard InChI is InChI=1S/C21H21FN4O3S/c22-16-4-2-1-3-15(16)20(23)21(27)25-10-13-11-26(24-17(13)12-25)30-14-5-6-18-19(9-14)29-8-7-28-18/h1,3,5-6,9,11,20H,2,4,7-8,10,12,23H2. The van der Waals surface area contributed by atoms with E-state index in [1.807, 2.05) is 30.5 Å². The summed E-state index contributed by atoms with van der Waals surface area (Å²) in [4.78, 5) is 15.4. The number of hydrogen-bond donors (Lipinski definition) is 1. The van der Waals surface area contributed by atoms with E-state index in [1.54, 1.807) is 15.1 Å². The Morgan fingerprint density at radius 2 is 2.07 bits per heavy atom. The van der Waals surface area contributed by atoms with Crippen molar-refractivity contribution in [3.63, 3.8) is 0 Å². The van der Waals surface area contributed by atoms with Crippen molar-refractivity contribution in [2.75, 3.05) is 13.2 Å². The summed E-state index contributed by atoms with van der Waals surface area (Å²) in [5, 5.41) is 4.59. The van der Waals surface area contributed by atoms with Crippen molar-refractivity contribution in [1.82, 2.24) is 14.1 Å². The van der Waals surface area contributed by atoms with Crippen LogP contribution in [0.3, 0.4) is 0 Å². The monoisotopic (exact) mass is 428 g/mol. The third-order valence-corrected chi connectivity index (χ3v) is 6.16. The molecule has 156 valence electrons. The molecule has 0 spiro atoms. The maximum atomic E-state index is 14.1. The molecule has 2 aromatic rings. The molecule has 30 heavy (non-hydrogen) atoms. The van der Waals surface area contributed by atoms with Crippen molar-refractivity contribution in [3.05, 3.63) is 59.2 Å². The van der Waals surface area contributed by atoms with Crippen molar-refractivity contribution in [1.29, 1.82) is 0 Å². The van der Waals surface area contributed by atoms with E-state index < -0.39 is 6.04 Å². The number of ether oxygens (including phenoxy) is 2. The van der Waals surface area contributed by atoms with Gasteiger partial charge in [-0.05, 0) is 24.6 Å². The topological polar surface area (TPSA) is 82.6 Å². The molecule has 1 amide bonds. The smallest absolute Gasteiger partial charge is 0.244 e. The van der Waals surface area contributed by atoms with Crippen molar-refractivity contribution in [3.8, 4) is 11.5 Å². The summed E-state index contributed by atoms with van der Waals surface area (Å²) in [7, 11) is 0. The Labute approximate surface area is 177 Å². The van der Waals surface area contributed by atoms with Crippen molar-refractivity contribution in [2.45, 2.75) is 36.9 Å². The fraction of sp³-hybridized carbons (Fsp3) is 0.333. The van der Waals surface area contributed by atoms with E-state index in [2.05, 4.69) is 5.10 Å². The average molecular weight is 428 g/mol. The van der Waals surface area contributed by atoms with Crippen LogP contribution >= 0.6 is 11.9 Å². The van der Waals surface area contributed by atoms with Crippen molar-refractivity contribution < 1.29 is 18.7 Å². The van der Waals surface area contributed by atoms with Gasteiger partial charge in [0.05, 0.1) is 12.2 Å². The van der Waals surface area contributed by atoms with Crippen molar-refractivity contribution in [2.24, 2.45) is 5.73 Å². The number of allylic oxidation sites excluding steroid dienone is 2. The Morgan fingerprint density at radius 1 is 1.23 bits per heavy atom. The first-order valence-electron chi connectivity index (χ1n) is 9.83. The number of aromatic nitrogens is 2. The number of nitrogens with zero attached hydrogens (tertiary/aromatic N) is 3. The molecule has 1 atom stereocenters. The fourth-order valence-electron chi connectivity index (χ4n) is 3.78. The molecule has 1 aromatic heterocycles. The van der Waals surface area contributed by atoms with Crippen LogP contribution < -0.4 is 15.2 Å². The molecule has 0 bridgehead atoms. The van der Waals surface area contributed by atoms with Gasteiger partial charge in [0.25, 0.3) is 0 Å². The van der Waals surface area contributed by atoms with Gasteiger partial charge in [-0.25, -0.2) is 8.48 Å². The quantitative estimate of drug-likeness (QED) is 0.806. The molecule has 5 rings (SSSR count). The van der Waals surface area contributed by atoms with E-state index in [0.29, 0.717) is 39.1 Å². The predicted octanol–water partition coefficient (Wildman–Crippen LogP) is 2.95. The maximum Gasteiger partial charge on any atom is 0.244 e. The number of rotatable bonds is 4. The minimum Gasteiger partial charge on any atom is -0.486 e. The van der Waals surface area contributed by atoms with Gasteiger partial charge in [-0.2, -0.15) is 5.10 Å². The van der Waals surface area contributed by atoms with E-state index >= 15 is 0 Å². The first-order chi connectivity index (χ1) is 14.6. The number of benzene rings is 1. The molecule has 1 aliphatic carbocycles. The Bertz CT molecular complexity index is 1040. The SMILES string of the molecule is NC(C(=O)N1Cc2cn(Sc3ccc4c(c3)OCCO4)nc2C1)C1=C(F)CCC=C1. The molecule has 0 radical (unpaired) electrons. The molecule has 7 nitrogen and oxygen atoms in total. The van der Waals surface area contributed by atoms with Gasteiger partial charge < -0.3 is 20.1 Å². The third kappa shape index (κ3) is 3.59. The van der Waals surface area contributed by atoms with Crippen LogP contribution in [-0.4, -0.2) is 39.2 Å². The van der Waals surface area contributed by atoms with Gasteiger partial charge in [0.2, 0.25) is 5.91 Å². The first kappa shape index (κ1) is 19.2. The second kappa shape index (κ2) is 7.81. The van der Waals surface area contributed by atoms with Gasteiger partial charge in [-0.1, -0.05) is 12.2 Å². The van der Waals surface area contributed by atoms with Crippen LogP contribution in [0, 0.1) is 0 Å². The van der Waals surface area contributed by atoms with Gasteiger partial charge in [0.15, 0.2) is 11.5 Å². The highest BCUT2D eigenvalue weighted by molar-refractivity contribution is 7.97. The predicted molar refractivity (Wildman–Crippen MR) is 110 cm³/mol. The molecule has 3 aliphatic rings. The zero-order chi connectivity index (χ0) is 20.7. The molecule has 1 aromatic carbocycles. The summed E-state index contributed by atoms with van der Waals surface area (Å²) in [6.07, 6.45) is 6.33. The van der Waals surface area contributed by atoms with Gasteiger partial charge in [-0.3, -0.25) is 4.79 Å². The minimum atomic E-state index is -0.982. The normalized spacial score (nSPS) is 18.5. The zero-order valence-corrected chi connectivity index (χ0v) is 17.0. The highest BCUT2D eigenvalue weighted by Crippen LogP contribution is 2.35. The number of hydrogen-bond acceptors (Lipinski definition) is 6. The molecular formula is C21H21FN4O3S. The Balaban J connectivity index is 1.25. The maximum absolute atomic E-state index is 14.1. The number of fused-ring (bicyclic) bond motifs is 2. The summed E-state index contributed by atoms with van der Waals surface area (Å²) in [5.41, 5.74) is 8.14.